The van der Waals surface area contributed by atoms with E-state index in [2.05, 4.69) is 0 Å². The summed E-state index contributed by atoms with van der Waals surface area (Å²) in [6.45, 7) is 1.95. The van der Waals surface area contributed by atoms with E-state index in [4.69, 9.17) is 18.1 Å². The summed E-state index contributed by atoms with van der Waals surface area (Å²) in [5.74, 6) is 2.70. The average molecular weight is 276 g/mol. The molecule has 0 saturated carbocycles. The van der Waals surface area contributed by atoms with Crippen LogP contribution in [0.15, 0.2) is 48.5 Å². The van der Waals surface area contributed by atoms with Crippen LogP contribution in [0, 0.1) is 0 Å². The Kier molecular flexibility index (Phi) is 1.92. The zero-order valence-corrected chi connectivity index (χ0v) is 11.3. The van der Waals surface area contributed by atoms with Gasteiger partial charge in [-0.1, -0.05) is 0 Å². The van der Waals surface area contributed by atoms with Crippen molar-refractivity contribution in [2.24, 2.45) is 0 Å². The summed E-state index contributed by atoms with van der Waals surface area (Å²) < 4.78 is 24.2. The second kappa shape index (κ2) is 3.34. The molecule has 0 aliphatic carbocycles. The van der Waals surface area contributed by atoms with E-state index in [0.29, 0.717) is 29.2 Å². The molecule has 0 atom stereocenters. The van der Waals surface area contributed by atoms with E-state index in [9.17, 15) is 0 Å². The third kappa shape index (κ3) is 1.38. The molecule has 2 heterocycles. The molecule has 4 nitrogen and oxygen atoms in total. The molecule has 19 heavy (non-hydrogen) atoms. The molecule has 0 bridgehead atoms. The third-order valence-electron chi connectivity index (χ3n) is 3.31. The summed E-state index contributed by atoms with van der Waals surface area (Å²) in [5, 5.41) is 0. The van der Waals surface area contributed by atoms with E-state index in [-0.39, 0.29) is 0 Å². The first-order valence-electron chi connectivity index (χ1n) is 6.22. The fourth-order valence-corrected chi connectivity index (χ4v) is 5.20. The van der Waals surface area contributed by atoms with Crippen LogP contribution in [0.2, 0.25) is 0 Å². The van der Waals surface area contributed by atoms with Crippen LogP contribution in [0.1, 0.15) is 6.92 Å². The zero-order valence-electron chi connectivity index (χ0n) is 10.4. The second-order valence-corrected chi connectivity index (χ2v) is 7.83. The summed E-state index contributed by atoms with van der Waals surface area (Å²) in [6.07, 6.45) is 0.523. The Labute approximate surface area is 111 Å². The fourth-order valence-electron chi connectivity index (χ4n) is 2.33. The van der Waals surface area contributed by atoms with Gasteiger partial charge in [0.05, 0.1) is 0 Å². The molecular weight excluding hydrogens is 263 g/mol. The van der Waals surface area contributed by atoms with Gasteiger partial charge in [-0.15, -0.1) is 0 Å². The van der Waals surface area contributed by atoms with Crippen molar-refractivity contribution in [3.63, 3.8) is 0 Å². The number of benzene rings is 2. The maximum atomic E-state index is 6.04. The number of para-hydroxylation sites is 4. The molecule has 0 unspecified atom stereocenters. The summed E-state index contributed by atoms with van der Waals surface area (Å²) in [4.78, 5) is 0. The quantitative estimate of drug-likeness (QED) is 0.733. The maximum absolute atomic E-state index is 6.04. The molecule has 2 aliphatic heterocycles. The fraction of sp³-hybridized carbons (Fsp3) is 0.143. The molecule has 0 radical (unpaired) electrons. The van der Waals surface area contributed by atoms with Gasteiger partial charge in [-0.25, -0.2) is 0 Å². The number of hydrogen-bond acceptors (Lipinski definition) is 4. The molecular formula is C14H13O4P. The Balaban J connectivity index is 1.83. The summed E-state index contributed by atoms with van der Waals surface area (Å²) in [5.41, 5.74) is 0. The van der Waals surface area contributed by atoms with Gasteiger partial charge in [0.2, 0.25) is 0 Å². The molecule has 0 saturated heterocycles. The van der Waals surface area contributed by atoms with Crippen LogP contribution in [0.25, 0.3) is 0 Å². The molecule has 4 rings (SSSR count). The van der Waals surface area contributed by atoms with Crippen LogP contribution in [0.5, 0.6) is 23.0 Å². The van der Waals surface area contributed by atoms with Crippen LogP contribution in [-0.4, -0.2) is 6.16 Å². The number of hydrogen-bond donors (Lipinski definition) is 0. The monoisotopic (exact) mass is 276 g/mol. The van der Waals surface area contributed by atoms with Gasteiger partial charge >= 0.3 is 110 Å². The number of fused-ring (bicyclic) bond motifs is 2. The predicted molar refractivity (Wildman–Crippen MR) is 72.9 cm³/mol. The van der Waals surface area contributed by atoms with E-state index in [1.807, 2.05) is 55.5 Å². The van der Waals surface area contributed by atoms with Gasteiger partial charge in [0.1, 0.15) is 0 Å². The van der Waals surface area contributed by atoms with Crippen molar-refractivity contribution in [1.29, 1.82) is 0 Å². The van der Waals surface area contributed by atoms with Gasteiger partial charge in [-0.05, 0) is 0 Å². The molecule has 2 aliphatic rings. The molecule has 98 valence electrons. The van der Waals surface area contributed by atoms with Crippen molar-refractivity contribution in [2.45, 2.75) is 6.92 Å². The van der Waals surface area contributed by atoms with Crippen LogP contribution in [0.3, 0.4) is 0 Å². The van der Waals surface area contributed by atoms with Crippen LogP contribution in [-0.2, 0) is 0 Å². The van der Waals surface area contributed by atoms with Crippen molar-refractivity contribution >= 4 is 7.51 Å². The molecule has 5 heteroatoms. The zero-order chi connectivity index (χ0) is 12.9. The van der Waals surface area contributed by atoms with Gasteiger partial charge in [-0.3, -0.25) is 0 Å². The standard InChI is InChI=1S/C14H13O4P/c1-2-19(15-11-7-3-4-8-12(11)16-19)17-13-9-5-6-10-14(13)18-19/h3-10H,2H2,1H3. The van der Waals surface area contributed by atoms with Gasteiger partial charge in [-0.2, -0.15) is 0 Å². The third-order valence-corrected chi connectivity index (χ3v) is 6.54. The Morgan fingerprint density at radius 3 is 1.26 bits per heavy atom. The van der Waals surface area contributed by atoms with Crippen molar-refractivity contribution < 1.29 is 18.1 Å². The first kappa shape index (κ1) is 10.9. The van der Waals surface area contributed by atoms with Crippen molar-refractivity contribution in [3.8, 4) is 23.0 Å². The SMILES string of the molecule is CCP12(Oc3ccccc3O1)Oc1ccccc1O2. The predicted octanol–water partition coefficient (Wildman–Crippen LogP) is 4.16. The first-order valence-corrected chi connectivity index (χ1v) is 8.32. The molecule has 0 aromatic heterocycles. The minimum atomic E-state index is -3.59. The van der Waals surface area contributed by atoms with Gasteiger partial charge in [0.25, 0.3) is 0 Å². The van der Waals surface area contributed by atoms with E-state index in [0.717, 1.165) is 0 Å². The van der Waals surface area contributed by atoms with Crippen LogP contribution >= 0.6 is 7.51 Å². The van der Waals surface area contributed by atoms with Gasteiger partial charge in [0, 0.05) is 0 Å². The topological polar surface area (TPSA) is 36.9 Å². The Morgan fingerprint density at radius 1 is 0.684 bits per heavy atom. The Hall–Kier alpha value is -1.93. The second-order valence-electron chi connectivity index (χ2n) is 4.54. The van der Waals surface area contributed by atoms with E-state index in [1.165, 1.54) is 0 Å². The molecule has 2 aromatic rings. The molecule has 0 fully saturated rings. The molecule has 0 amide bonds. The Bertz CT molecular complexity index is 557. The minimum absolute atomic E-state index is 0.523. The van der Waals surface area contributed by atoms with E-state index in [1.54, 1.807) is 0 Å². The summed E-state index contributed by atoms with van der Waals surface area (Å²) in [7, 11) is -3.59. The summed E-state index contributed by atoms with van der Waals surface area (Å²) >= 11 is 0. The van der Waals surface area contributed by atoms with Gasteiger partial charge < -0.3 is 0 Å². The number of rotatable bonds is 1. The normalized spacial score (nSPS) is 21.8. The van der Waals surface area contributed by atoms with E-state index < -0.39 is 7.51 Å². The van der Waals surface area contributed by atoms with Crippen LogP contribution < -0.4 is 18.1 Å². The summed E-state index contributed by atoms with van der Waals surface area (Å²) in [6, 6.07) is 15.1. The molecule has 1 spiro atoms. The van der Waals surface area contributed by atoms with Gasteiger partial charge in [0.15, 0.2) is 0 Å². The first-order chi connectivity index (χ1) is 9.22. The van der Waals surface area contributed by atoms with Crippen molar-refractivity contribution in [1.82, 2.24) is 0 Å². The average Bonchev–Trinajstić information content (AvgIpc) is 2.94. The van der Waals surface area contributed by atoms with Crippen molar-refractivity contribution in [3.05, 3.63) is 48.5 Å². The van der Waals surface area contributed by atoms with Crippen LogP contribution in [0.4, 0.5) is 0 Å². The Morgan fingerprint density at radius 2 is 1.00 bits per heavy atom. The van der Waals surface area contributed by atoms with Crippen molar-refractivity contribution in [2.75, 3.05) is 6.16 Å². The molecule has 0 N–H and O–H groups in total. The van der Waals surface area contributed by atoms with E-state index >= 15 is 0 Å². The molecule has 2 aromatic carbocycles.